The molecule has 3 heteroatoms. The van der Waals surface area contributed by atoms with E-state index in [4.69, 9.17) is 0 Å². The predicted molar refractivity (Wildman–Crippen MR) is 102 cm³/mol. The van der Waals surface area contributed by atoms with Crippen LogP contribution in [0.4, 0.5) is 10.5 Å². The smallest absolute Gasteiger partial charge is 0.313 e. The summed E-state index contributed by atoms with van der Waals surface area (Å²) in [4.78, 5) is 14.8. The number of amides is 2. The van der Waals surface area contributed by atoms with Gasteiger partial charge in [-0.3, -0.25) is 0 Å². The number of carbonyl (C=O) groups excluding carboxylic acids is 1. The first-order chi connectivity index (χ1) is 12.2. The van der Waals surface area contributed by atoms with Crippen LogP contribution in [-0.2, 0) is 6.54 Å². The standard InChI is InChI=1S/C22H22N2O/c1-18(20-13-7-3-8-14-20)24(17-19-11-5-2-6-12-19)22(25)23-21-15-9-4-10-16-21/h2-16,18H,17H2,1H3,(H,23,25). The van der Waals surface area contributed by atoms with Crippen LogP contribution in [0.1, 0.15) is 24.1 Å². The van der Waals surface area contributed by atoms with Crippen LogP contribution < -0.4 is 5.32 Å². The normalized spacial score (nSPS) is 11.6. The Morgan fingerprint density at radius 1 is 0.840 bits per heavy atom. The lowest BCUT2D eigenvalue weighted by atomic mass is 10.1. The second kappa shape index (κ2) is 8.15. The van der Waals surface area contributed by atoms with Gasteiger partial charge >= 0.3 is 6.03 Å². The van der Waals surface area contributed by atoms with E-state index in [-0.39, 0.29) is 12.1 Å². The number of carbonyl (C=O) groups is 1. The lowest BCUT2D eigenvalue weighted by molar-refractivity contribution is 0.189. The van der Waals surface area contributed by atoms with Gasteiger partial charge in [0.15, 0.2) is 0 Å². The number of anilines is 1. The molecule has 3 rings (SSSR count). The van der Waals surface area contributed by atoms with Crippen LogP contribution in [0.2, 0.25) is 0 Å². The highest BCUT2D eigenvalue weighted by Crippen LogP contribution is 2.23. The summed E-state index contributed by atoms with van der Waals surface area (Å²) in [7, 11) is 0. The molecule has 25 heavy (non-hydrogen) atoms. The van der Waals surface area contributed by atoms with Gasteiger partial charge in [0.2, 0.25) is 0 Å². The van der Waals surface area contributed by atoms with Gasteiger partial charge in [0.25, 0.3) is 0 Å². The van der Waals surface area contributed by atoms with E-state index in [1.54, 1.807) is 0 Å². The second-order valence-electron chi connectivity index (χ2n) is 6.00. The summed E-state index contributed by atoms with van der Waals surface area (Å²) in [6.45, 7) is 2.61. The maximum atomic E-state index is 12.9. The van der Waals surface area contributed by atoms with Crippen molar-refractivity contribution in [1.29, 1.82) is 0 Å². The zero-order valence-corrected chi connectivity index (χ0v) is 14.3. The number of hydrogen-bond acceptors (Lipinski definition) is 1. The fourth-order valence-corrected chi connectivity index (χ4v) is 2.79. The second-order valence-corrected chi connectivity index (χ2v) is 6.00. The van der Waals surface area contributed by atoms with Crippen molar-refractivity contribution in [1.82, 2.24) is 4.90 Å². The Hall–Kier alpha value is -3.07. The highest BCUT2D eigenvalue weighted by molar-refractivity contribution is 5.89. The minimum Gasteiger partial charge on any atom is -0.313 e. The number of para-hydroxylation sites is 1. The van der Waals surface area contributed by atoms with Crippen molar-refractivity contribution in [3.63, 3.8) is 0 Å². The summed E-state index contributed by atoms with van der Waals surface area (Å²) in [6.07, 6.45) is 0. The highest BCUT2D eigenvalue weighted by atomic mass is 16.2. The van der Waals surface area contributed by atoms with Crippen molar-refractivity contribution in [3.05, 3.63) is 102 Å². The van der Waals surface area contributed by atoms with Crippen molar-refractivity contribution in [2.75, 3.05) is 5.32 Å². The van der Waals surface area contributed by atoms with Gasteiger partial charge in [-0.25, -0.2) is 4.79 Å². The molecular formula is C22H22N2O. The minimum absolute atomic E-state index is 0.0369. The molecule has 1 unspecified atom stereocenters. The van der Waals surface area contributed by atoms with Crippen molar-refractivity contribution in [2.24, 2.45) is 0 Å². The first-order valence-corrected chi connectivity index (χ1v) is 8.45. The molecular weight excluding hydrogens is 308 g/mol. The van der Waals surface area contributed by atoms with Crippen LogP contribution in [-0.4, -0.2) is 10.9 Å². The molecule has 0 spiro atoms. The van der Waals surface area contributed by atoms with E-state index < -0.39 is 0 Å². The Bertz CT molecular complexity index is 788. The number of nitrogens with one attached hydrogen (secondary N) is 1. The average Bonchev–Trinajstić information content (AvgIpc) is 2.68. The molecule has 3 nitrogen and oxygen atoms in total. The topological polar surface area (TPSA) is 32.3 Å². The van der Waals surface area contributed by atoms with Gasteiger partial charge in [0.05, 0.1) is 6.04 Å². The largest absolute Gasteiger partial charge is 0.322 e. The SMILES string of the molecule is CC(c1ccccc1)N(Cc1ccccc1)C(=O)Nc1ccccc1. The van der Waals surface area contributed by atoms with E-state index in [1.165, 1.54) is 0 Å². The number of rotatable bonds is 5. The summed E-state index contributed by atoms with van der Waals surface area (Å²) in [5.74, 6) is 0. The summed E-state index contributed by atoms with van der Waals surface area (Å²) in [5.41, 5.74) is 3.01. The Morgan fingerprint density at radius 3 is 1.96 bits per heavy atom. The van der Waals surface area contributed by atoms with Crippen molar-refractivity contribution < 1.29 is 4.79 Å². The van der Waals surface area contributed by atoms with Crippen LogP contribution >= 0.6 is 0 Å². The maximum absolute atomic E-state index is 12.9. The Morgan fingerprint density at radius 2 is 1.36 bits per heavy atom. The third-order valence-electron chi connectivity index (χ3n) is 4.23. The molecule has 1 N–H and O–H groups in total. The van der Waals surface area contributed by atoms with E-state index >= 15 is 0 Å². The van der Waals surface area contributed by atoms with Crippen molar-refractivity contribution in [3.8, 4) is 0 Å². The van der Waals surface area contributed by atoms with Crippen LogP contribution in [0.3, 0.4) is 0 Å². The number of urea groups is 1. The third-order valence-corrected chi connectivity index (χ3v) is 4.23. The number of nitrogens with zero attached hydrogens (tertiary/aromatic N) is 1. The van der Waals surface area contributed by atoms with Gasteiger partial charge in [-0.15, -0.1) is 0 Å². The molecule has 3 aromatic rings. The van der Waals surface area contributed by atoms with Crippen LogP contribution in [0.5, 0.6) is 0 Å². The van der Waals surface area contributed by atoms with Gasteiger partial charge in [-0.2, -0.15) is 0 Å². The quantitative estimate of drug-likeness (QED) is 0.660. The molecule has 0 fully saturated rings. The molecule has 2 amide bonds. The lowest BCUT2D eigenvalue weighted by Gasteiger charge is -2.30. The average molecular weight is 330 g/mol. The molecule has 3 aromatic carbocycles. The van der Waals surface area contributed by atoms with E-state index in [9.17, 15) is 4.79 Å². The number of hydrogen-bond donors (Lipinski definition) is 1. The van der Waals surface area contributed by atoms with Gasteiger partial charge in [0, 0.05) is 12.2 Å². The first kappa shape index (κ1) is 16.8. The minimum atomic E-state index is -0.105. The first-order valence-electron chi connectivity index (χ1n) is 8.45. The van der Waals surface area contributed by atoms with E-state index in [0.29, 0.717) is 6.54 Å². The van der Waals surface area contributed by atoms with E-state index in [1.807, 2.05) is 83.8 Å². The van der Waals surface area contributed by atoms with Gasteiger partial charge in [-0.05, 0) is 30.2 Å². The molecule has 126 valence electrons. The van der Waals surface area contributed by atoms with Crippen LogP contribution in [0.25, 0.3) is 0 Å². The Kier molecular flexibility index (Phi) is 5.47. The molecule has 0 aliphatic rings. The molecule has 0 aromatic heterocycles. The van der Waals surface area contributed by atoms with Crippen LogP contribution in [0.15, 0.2) is 91.0 Å². The zero-order chi connectivity index (χ0) is 17.5. The van der Waals surface area contributed by atoms with E-state index in [2.05, 4.69) is 24.4 Å². The van der Waals surface area contributed by atoms with Crippen molar-refractivity contribution >= 4 is 11.7 Å². The molecule has 0 heterocycles. The van der Waals surface area contributed by atoms with Gasteiger partial charge < -0.3 is 10.2 Å². The van der Waals surface area contributed by atoms with E-state index in [0.717, 1.165) is 16.8 Å². The fraction of sp³-hybridized carbons (Fsp3) is 0.136. The lowest BCUT2D eigenvalue weighted by Crippen LogP contribution is -2.36. The fourth-order valence-electron chi connectivity index (χ4n) is 2.79. The summed E-state index contributed by atoms with van der Waals surface area (Å²) in [5, 5.41) is 3.00. The summed E-state index contributed by atoms with van der Waals surface area (Å²) in [6, 6.07) is 29.6. The predicted octanol–water partition coefficient (Wildman–Crippen LogP) is 5.48. The molecule has 1 atom stereocenters. The Labute approximate surface area is 148 Å². The summed E-state index contributed by atoms with van der Waals surface area (Å²) < 4.78 is 0. The molecule has 0 saturated heterocycles. The molecule has 0 radical (unpaired) electrons. The molecule has 0 bridgehead atoms. The summed E-state index contributed by atoms with van der Waals surface area (Å²) >= 11 is 0. The van der Waals surface area contributed by atoms with Crippen LogP contribution in [0, 0.1) is 0 Å². The molecule has 0 aliphatic heterocycles. The highest BCUT2D eigenvalue weighted by Gasteiger charge is 2.21. The molecule has 0 saturated carbocycles. The third kappa shape index (κ3) is 4.48. The Balaban J connectivity index is 1.84. The zero-order valence-electron chi connectivity index (χ0n) is 14.3. The molecule has 0 aliphatic carbocycles. The van der Waals surface area contributed by atoms with Crippen molar-refractivity contribution in [2.45, 2.75) is 19.5 Å². The number of benzene rings is 3. The van der Waals surface area contributed by atoms with Gasteiger partial charge in [0.1, 0.15) is 0 Å². The maximum Gasteiger partial charge on any atom is 0.322 e. The monoisotopic (exact) mass is 330 g/mol. The van der Waals surface area contributed by atoms with Gasteiger partial charge in [-0.1, -0.05) is 78.9 Å².